The summed E-state index contributed by atoms with van der Waals surface area (Å²) < 4.78 is 3.92. The molecule has 2 rings (SSSR count). The number of nitrogens with zero attached hydrogens (tertiary/aromatic N) is 1. The van der Waals surface area contributed by atoms with Crippen molar-refractivity contribution in [2.45, 2.75) is 13.5 Å². The Morgan fingerprint density at radius 1 is 1.44 bits per heavy atom. The van der Waals surface area contributed by atoms with Crippen molar-refractivity contribution in [3.05, 3.63) is 50.3 Å². The zero-order valence-corrected chi connectivity index (χ0v) is 13.5. The van der Waals surface area contributed by atoms with E-state index in [4.69, 9.17) is 0 Å². The zero-order chi connectivity index (χ0) is 13.1. The van der Waals surface area contributed by atoms with Crippen LogP contribution in [0.3, 0.4) is 0 Å². The number of anilines is 1. The topological polar surface area (TPSA) is 34.0 Å². The number of benzene rings is 1. The SMILES string of the molecule is CCn1cccc1C(=O)Nc1ccc(I)cc1Br. The van der Waals surface area contributed by atoms with E-state index in [1.54, 1.807) is 0 Å². The average Bonchev–Trinajstić information content (AvgIpc) is 2.81. The summed E-state index contributed by atoms with van der Waals surface area (Å²) in [6, 6.07) is 9.51. The average molecular weight is 419 g/mol. The molecule has 3 nitrogen and oxygen atoms in total. The fourth-order valence-electron chi connectivity index (χ4n) is 1.67. The summed E-state index contributed by atoms with van der Waals surface area (Å²) in [4.78, 5) is 12.1. The van der Waals surface area contributed by atoms with E-state index in [0.29, 0.717) is 5.69 Å². The van der Waals surface area contributed by atoms with Gasteiger partial charge in [-0.05, 0) is 75.8 Å². The maximum atomic E-state index is 12.1. The first-order valence-electron chi connectivity index (χ1n) is 5.53. The molecule has 1 aromatic heterocycles. The molecule has 1 heterocycles. The molecule has 18 heavy (non-hydrogen) atoms. The minimum absolute atomic E-state index is 0.0937. The first-order valence-corrected chi connectivity index (χ1v) is 7.40. The molecule has 5 heteroatoms. The first-order chi connectivity index (χ1) is 8.61. The molecular formula is C13H12BrIN2O. The smallest absolute Gasteiger partial charge is 0.272 e. The molecule has 0 aliphatic heterocycles. The second-order valence-electron chi connectivity index (χ2n) is 3.76. The molecule has 1 N–H and O–H groups in total. The molecule has 94 valence electrons. The Kier molecular flexibility index (Phi) is 4.45. The maximum absolute atomic E-state index is 12.1. The lowest BCUT2D eigenvalue weighted by Crippen LogP contribution is -2.16. The highest BCUT2D eigenvalue weighted by Gasteiger charge is 2.11. The number of amides is 1. The molecule has 0 bridgehead atoms. The van der Waals surface area contributed by atoms with Gasteiger partial charge >= 0.3 is 0 Å². The molecule has 2 aromatic rings. The summed E-state index contributed by atoms with van der Waals surface area (Å²) in [5.41, 5.74) is 1.45. The van der Waals surface area contributed by atoms with E-state index in [-0.39, 0.29) is 5.91 Å². The summed E-state index contributed by atoms with van der Waals surface area (Å²) in [5, 5.41) is 2.90. The molecule has 0 atom stereocenters. The monoisotopic (exact) mass is 418 g/mol. The van der Waals surface area contributed by atoms with Crippen molar-refractivity contribution < 1.29 is 4.79 Å². The van der Waals surface area contributed by atoms with E-state index in [0.717, 1.165) is 20.3 Å². The number of aromatic nitrogens is 1. The van der Waals surface area contributed by atoms with Gasteiger partial charge in [0.05, 0.1) is 5.69 Å². The second kappa shape index (κ2) is 5.88. The van der Waals surface area contributed by atoms with Gasteiger partial charge in [-0.2, -0.15) is 0 Å². The third-order valence-electron chi connectivity index (χ3n) is 2.58. The largest absolute Gasteiger partial charge is 0.344 e. The number of carbonyl (C=O) groups is 1. The van der Waals surface area contributed by atoms with Crippen LogP contribution in [-0.2, 0) is 6.54 Å². The molecule has 1 amide bonds. The van der Waals surface area contributed by atoms with Gasteiger partial charge in [0.15, 0.2) is 0 Å². The molecule has 0 spiro atoms. The minimum atomic E-state index is -0.0937. The molecule has 0 unspecified atom stereocenters. The van der Waals surface area contributed by atoms with Crippen LogP contribution >= 0.6 is 38.5 Å². The van der Waals surface area contributed by atoms with Gasteiger partial charge in [-0.1, -0.05) is 0 Å². The van der Waals surface area contributed by atoms with Crippen molar-refractivity contribution in [2.24, 2.45) is 0 Å². The van der Waals surface area contributed by atoms with Crippen LogP contribution in [0.4, 0.5) is 5.69 Å². The quantitative estimate of drug-likeness (QED) is 0.747. The molecule has 0 aliphatic rings. The van der Waals surface area contributed by atoms with Crippen LogP contribution in [0.1, 0.15) is 17.4 Å². The molecule has 1 aromatic carbocycles. The zero-order valence-electron chi connectivity index (χ0n) is 9.78. The lowest BCUT2D eigenvalue weighted by molar-refractivity contribution is 0.101. The summed E-state index contributed by atoms with van der Waals surface area (Å²) in [6.45, 7) is 2.79. The van der Waals surface area contributed by atoms with E-state index in [9.17, 15) is 4.79 Å². The van der Waals surface area contributed by atoms with Crippen LogP contribution in [0.15, 0.2) is 41.0 Å². The predicted molar refractivity (Wildman–Crippen MR) is 84.9 cm³/mol. The summed E-state index contributed by atoms with van der Waals surface area (Å²) in [5.74, 6) is -0.0937. The van der Waals surface area contributed by atoms with Gasteiger partial charge in [0, 0.05) is 20.8 Å². The highest BCUT2D eigenvalue weighted by molar-refractivity contribution is 14.1. The van der Waals surface area contributed by atoms with Gasteiger partial charge in [-0.15, -0.1) is 0 Å². The van der Waals surface area contributed by atoms with E-state index in [1.165, 1.54) is 0 Å². The number of hydrogen-bond acceptors (Lipinski definition) is 1. The van der Waals surface area contributed by atoms with E-state index in [2.05, 4.69) is 43.8 Å². The van der Waals surface area contributed by atoms with Crippen molar-refractivity contribution in [2.75, 3.05) is 5.32 Å². The van der Waals surface area contributed by atoms with Crippen LogP contribution < -0.4 is 5.32 Å². The van der Waals surface area contributed by atoms with Crippen LogP contribution in [0.5, 0.6) is 0 Å². The Hall–Kier alpha value is -0.820. The number of aryl methyl sites for hydroxylation is 1. The van der Waals surface area contributed by atoms with Gasteiger partial charge < -0.3 is 9.88 Å². The van der Waals surface area contributed by atoms with Crippen LogP contribution in [0, 0.1) is 3.57 Å². The summed E-state index contributed by atoms with van der Waals surface area (Å²) >= 11 is 5.68. The van der Waals surface area contributed by atoms with Crippen LogP contribution in [0.25, 0.3) is 0 Å². The Bertz CT molecular complexity index is 580. The third-order valence-corrected chi connectivity index (χ3v) is 3.91. The Morgan fingerprint density at radius 2 is 2.22 bits per heavy atom. The van der Waals surface area contributed by atoms with Gasteiger partial charge in [-0.3, -0.25) is 4.79 Å². The number of halogens is 2. The standard InChI is InChI=1S/C13H12BrIN2O/c1-2-17-7-3-4-12(17)13(18)16-11-6-5-9(15)8-10(11)14/h3-8H,2H2,1H3,(H,16,18). The van der Waals surface area contributed by atoms with Gasteiger partial charge in [0.2, 0.25) is 0 Å². The number of carbonyl (C=O) groups excluding carboxylic acids is 1. The number of hydrogen-bond donors (Lipinski definition) is 1. The normalized spacial score (nSPS) is 10.4. The predicted octanol–water partition coefficient (Wildman–Crippen LogP) is 4.13. The maximum Gasteiger partial charge on any atom is 0.272 e. The Balaban J connectivity index is 2.21. The first kappa shape index (κ1) is 13.6. The highest BCUT2D eigenvalue weighted by atomic mass is 127. The van der Waals surface area contributed by atoms with Crippen molar-refractivity contribution in [1.29, 1.82) is 0 Å². The molecule has 0 radical (unpaired) electrons. The Labute approximate surface area is 128 Å². The highest BCUT2D eigenvalue weighted by Crippen LogP contribution is 2.24. The number of rotatable bonds is 3. The molecule has 0 fully saturated rings. The fraction of sp³-hybridized carbons (Fsp3) is 0.154. The molecule has 0 saturated heterocycles. The van der Waals surface area contributed by atoms with Gasteiger partial charge in [-0.25, -0.2) is 0 Å². The Morgan fingerprint density at radius 3 is 2.89 bits per heavy atom. The third kappa shape index (κ3) is 2.95. The van der Waals surface area contributed by atoms with Crippen molar-refractivity contribution in [3.8, 4) is 0 Å². The van der Waals surface area contributed by atoms with Gasteiger partial charge in [0.1, 0.15) is 5.69 Å². The molecule has 0 aliphatic carbocycles. The number of nitrogens with one attached hydrogen (secondary N) is 1. The van der Waals surface area contributed by atoms with Gasteiger partial charge in [0.25, 0.3) is 5.91 Å². The summed E-state index contributed by atoms with van der Waals surface area (Å²) in [7, 11) is 0. The minimum Gasteiger partial charge on any atom is -0.344 e. The van der Waals surface area contributed by atoms with Crippen LogP contribution in [-0.4, -0.2) is 10.5 Å². The van der Waals surface area contributed by atoms with E-state index < -0.39 is 0 Å². The van der Waals surface area contributed by atoms with E-state index >= 15 is 0 Å². The van der Waals surface area contributed by atoms with Crippen LogP contribution in [0.2, 0.25) is 0 Å². The molecule has 0 saturated carbocycles. The van der Waals surface area contributed by atoms with Crippen molar-refractivity contribution in [1.82, 2.24) is 4.57 Å². The lowest BCUT2D eigenvalue weighted by Gasteiger charge is -2.09. The summed E-state index contributed by atoms with van der Waals surface area (Å²) in [6.07, 6.45) is 1.90. The fourth-order valence-corrected chi connectivity index (χ4v) is 3.07. The second-order valence-corrected chi connectivity index (χ2v) is 5.86. The lowest BCUT2D eigenvalue weighted by atomic mass is 10.3. The van der Waals surface area contributed by atoms with E-state index in [1.807, 2.05) is 48.0 Å². The van der Waals surface area contributed by atoms with Crippen molar-refractivity contribution in [3.63, 3.8) is 0 Å². The molecular weight excluding hydrogens is 407 g/mol. The van der Waals surface area contributed by atoms with Crippen molar-refractivity contribution >= 4 is 50.1 Å².